The maximum Gasteiger partial charge on any atom is 0.220 e. The Hall–Kier alpha value is 0.110. The largest absolute Gasteiger partial charge is 0.353 e. The summed E-state index contributed by atoms with van der Waals surface area (Å²) in [5, 5.41) is 3.17. The van der Waals surface area contributed by atoms with Gasteiger partial charge in [-0.25, -0.2) is 0 Å². The van der Waals surface area contributed by atoms with Gasteiger partial charge in [0.15, 0.2) is 0 Å². The third-order valence-electron chi connectivity index (χ3n) is 3.59. The Morgan fingerprint density at radius 1 is 1.39 bits per heavy atom. The van der Waals surface area contributed by atoms with Crippen LogP contribution in [0.15, 0.2) is 0 Å². The summed E-state index contributed by atoms with van der Waals surface area (Å²) < 4.78 is 0. The Morgan fingerprint density at radius 3 is 2.50 bits per heavy atom. The van der Waals surface area contributed by atoms with Crippen LogP contribution < -0.4 is 5.32 Å². The van der Waals surface area contributed by atoms with Crippen LogP contribution in [0.3, 0.4) is 0 Å². The van der Waals surface area contributed by atoms with Gasteiger partial charge in [-0.3, -0.25) is 4.79 Å². The zero-order valence-electron chi connectivity index (χ0n) is 11.8. The number of nitrogens with one attached hydrogen (secondary N) is 1. The van der Waals surface area contributed by atoms with Crippen molar-refractivity contribution in [3.8, 4) is 0 Å². The molecule has 1 aliphatic heterocycles. The second-order valence-corrected chi connectivity index (χ2v) is 7.83. The molecule has 0 radical (unpaired) electrons. The molecule has 1 rings (SSSR count). The van der Waals surface area contributed by atoms with E-state index in [1.165, 1.54) is 24.3 Å². The molecular formula is C14H26ClNOS. The minimum atomic E-state index is 0.0764. The first kappa shape index (κ1) is 16.2. The number of alkyl halides is 1. The number of hydrogen-bond acceptors (Lipinski definition) is 2. The van der Waals surface area contributed by atoms with E-state index in [4.69, 9.17) is 11.6 Å². The summed E-state index contributed by atoms with van der Waals surface area (Å²) in [7, 11) is 0. The second kappa shape index (κ2) is 7.64. The van der Waals surface area contributed by atoms with E-state index in [1.54, 1.807) is 0 Å². The number of hydrogen-bond donors (Lipinski definition) is 1. The van der Waals surface area contributed by atoms with Gasteiger partial charge in [-0.15, -0.1) is 11.6 Å². The molecule has 1 heterocycles. The molecule has 1 unspecified atom stereocenters. The van der Waals surface area contributed by atoms with Gasteiger partial charge in [0.25, 0.3) is 0 Å². The molecule has 0 aliphatic carbocycles. The van der Waals surface area contributed by atoms with Crippen molar-refractivity contribution in [1.29, 1.82) is 0 Å². The first-order valence-electron chi connectivity index (χ1n) is 6.86. The highest BCUT2D eigenvalue weighted by Crippen LogP contribution is 2.26. The van der Waals surface area contributed by atoms with Crippen LogP contribution in [0.2, 0.25) is 0 Å². The maximum absolute atomic E-state index is 12.1. The van der Waals surface area contributed by atoms with E-state index in [0.717, 1.165) is 6.42 Å². The van der Waals surface area contributed by atoms with E-state index in [0.29, 0.717) is 18.2 Å². The van der Waals surface area contributed by atoms with Crippen molar-refractivity contribution in [3.63, 3.8) is 0 Å². The van der Waals surface area contributed by atoms with E-state index in [9.17, 15) is 4.79 Å². The lowest BCUT2D eigenvalue weighted by atomic mass is 9.85. The molecule has 4 heteroatoms. The summed E-state index contributed by atoms with van der Waals surface area (Å²) in [6, 6.07) is 0.181. The van der Waals surface area contributed by atoms with E-state index >= 15 is 0 Å². The van der Waals surface area contributed by atoms with Crippen molar-refractivity contribution in [3.05, 3.63) is 0 Å². The minimum Gasteiger partial charge on any atom is -0.353 e. The molecule has 1 atom stereocenters. The zero-order valence-corrected chi connectivity index (χ0v) is 13.4. The molecule has 106 valence electrons. The van der Waals surface area contributed by atoms with Crippen LogP contribution in [-0.4, -0.2) is 29.3 Å². The van der Waals surface area contributed by atoms with Gasteiger partial charge in [0, 0.05) is 18.3 Å². The molecule has 1 aliphatic rings. The normalized spacial score (nSPS) is 19.6. The molecule has 0 aromatic heterocycles. The quantitative estimate of drug-likeness (QED) is 0.783. The standard InChI is InChI=1S/C14H26ClNOS/c1-14(2,3)12(4-7-15)16-13(17)10-11-5-8-18-9-6-11/h11-12H,4-10H2,1-3H3,(H,16,17). The molecule has 1 fully saturated rings. The Bertz CT molecular complexity index is 259. The van der Waals surface area contributed by atoms with Gasteiger partial charge in [-0.05, 0) is 42.1 Å². The van der Waals surface area contributed by atoms with Crippen LogP contribution in [0.5, 0.6) is 0 Å². The first-order valence-corrected chi connectivity index (χ1v) is 8.55. The van der Waals surface area contributed by atoms with E-state index < -0.39 is 0 Å². The molecule has 1 amide bonds. The van der Waals surface area contributed by atoms with Gasteiger partial charge < -0.3 is 5.32 Å². The fraction of sp³-hybridized carbons (Fsp3) is 0.929. The van der Waals surface area contributed by atoms with Crippen molar-refractivity contribution in [2.75, 3.05) is 17.4 Å². The predicted octanol–water partition coefficient (Wildman–Crippen LogP) is 3.68. The topological polar surface area (TPSA) is 29.1 Å². The summed E-state index contributed by atoms with van der Waals surface area (Å²) >= 11 is 7.83. The summed E-state index contributed by atoms with van der Waals surface area (Å²) in [5.74, 6) is 3.81. The van der Waals surface area contributed by atoms with Crippen LogP contribution in [0.25, 0.3) is 0 Å². The number of rotatable bonds is 5. The molecule has 0 bridgehead atoms. The molecule has 1 N–H and O–H groups in total. The van der Waals surface area contributed by atoms with Crippen LogP contribution in [-0.2, 0) is 4.79 Å². The van der Waals surface area contributed by atoms with Crippen LogP contribution in [0, 0.1) is 11.3 Å². The number of carbonyl (C=O) groups is 1. The minimum absolute atomic E-state index is 0.0764. The fourth-order valence-electron chi connectivity index (χ4n) is 2.30. The van der Waals surface area contributed by atoms with Crippen molar-refractivity contribution in [1.82, 2.24) is 5.32 Å². The van der Waals surface area contributed by atoms with Gasteiger partial charge in [0.1, 0.15) is 0 Å². The number of halogens is 1. The van der Waals surface area contributed by atoms with Crippen molar-refractivity contribution < 1.29 is 4.79 Å². The van der Waals surface area contributed by atoms with Crippen molar-refractivity contribution >= 4 is 29.3 Å². The molecule has 0 spiro atoms. The molecule has 0 saturated carbocycles. The summed E-state index contributed by atoms with van der Waals surface area (Å²) in [6.07, 6.45) is 3.91. The van der Waals surface area contributed by atoms with Gasteiger partial charge in [-0.1, -0.05) is 20.8 Å². The lowest BCUT2D eigenvalue weighted by Crippen LogP contribution is -2.44. The first-order chi connectivity index (χ1) is 8.43. The number of amides is 1. The van der Waals surface area contributed by atoms with Crippen LogP contribution >= 0.6 is 23.4 Å². The maximum atomic E-state index is 12.1. The van der Waals surface area contributed by atoms with Gasteiger partial charge in [-0.2, -0.15) is 11.8 Å². The molecule has 0 aromatic rings. The Labute approximate surface area is 121 Å². The number of thioether (sulfide) groups is 1. The van der Waals surface area contributed by atoms with Crippen LogP contribution in [0.1, 0.15) is 46.5 Å². The van der Waals surface area contributed by atoms with Crippen LogP contribution in [0.4, 0.5) is 0 Å². The highest BCUT2D eigenvalue weighted by Gasteiger charge is 2.26. The third kappa shape index (κ3) is 5.83. The number of carbonyl (C=O) groups excluding carboxylic acids is 1. The molecule has 1 saturated heterocycles. The van der Waals surface area contributed by atoms with E-state index in [-0.39, 0.29) is 17.4 Å². The Kier molecular flexibility index (Phi) is 6.86. The predicted molar refractivity (Wildman–Crippen MR) is 81.4 cm³/mol. The zero-order chi connectivity index (χ0) is 13.6. The lowest BCUT2D eigenvalue weighted by molar-refractivity contribution is -0.123. The van der Waals surface area contributed by atoms with Gasteiger partial charge in [0.2, 0.25) is 5.91 Å². The summed E-state index contributed by atoms with van der Waals surface area (Å²) in [5.41, 5.74) is 0.0764. The molecule has 18 heavy (non-hydrogen) atoms. The second-order valence-electron chi connectivity index (χ2n) is 6.22. The third-order valence-corrected chi connectivity index (χ3v) is 4.86. The smallest absolute Gasteiger partial charge is 0.220 e. The SMILES string of the molecule is CC(C)(C)C(CCCl)NC(=O)CC1CCSCC1. The average Bonchev–Trinajstić information content (AvgIpc) is 2.28. The molecule has 2 nitrogen and oxygen atoms in total. The highest BCUT2D eigenvalue weighted by molar-refractivity contribution is 7.99. The van der Waals surface area contributed by atoms with Crippen molar-refractivity contribution in [2.24, 2.45) is 11.3 Å². The highest BCUT2D eigenvalue weighted by atomic mass is 35.5. The molecular weight excluding hydrogens is 266 g/mol. The summed E-state index contributed by atoms with van der Waals surface area (Å²) in [6.45, 7) is 6.46. The Morgan fingerprint density at radius 2 is 2.00 bits per heavy atom. The van der Waals surface area contributed by atoms with E-state index in [2.05, 4.69) is 26.1 Å². The molecule has 0 aromatic carbocycles. The fourth-order valence-corrected chi connectivity index (χ4v) is 3.72. The van der Waals surface area contributed by atoms with Gasteiger partial charge >= 0.3 is 0 Å². The van der Waals surface area contributed by atoms with Crippen molar-refractivity contribution in [2.45, 2.75) is 52.5 Å². The summed E-state index contributed by atoms with van der Waals surface area (Å²) in [4.78, 5) is 12.1. The average molecular weight is 292 g/mol. The van der Waals surface area contributed by atoms with Gasteiger partial charge in [0.05, 0.1) is 0 Å². The monoisotopic (exact) mass is 291 g/mol. The van der Waals surface area contributed by atoms with E-state index in [1.807, 2.05) is 11.8 Å². The lowest BCUT2D eigenvalue weighted by Gasteiger charge is -2.32. The Balaban J connectivity index is 2.40.